The highest BCUT2D eigenvalue weighted by atomic mass is 15.0. The Labute approximate surface area is 278 Å². The average Bonchev–Trinajstić information content (AvgIpc) is 3.64. The molecule has 0 saturated heterocycles. The molecule has 2 nitrogen and oxygen atoms in total. The molecule has 0 fully saturated rings. The van der Waals surface area contributed by atoms with Crippen molar-refractivity contribution in [1.29, 1.82) is 0 Å². The highest BCUT2D eigenvalue weighted by Gasteiger charge is 2.40. The molecule has 2 aromatic heterocycles. The molecule has 9 aromatic rings. The third-order valence-corrected chi connectivity index (χ3v) is 12.3. The molecule has 0 N–H and O–H groups in total. The predicted molar refractivity (Wildman–Crippen MR) is 203 cm³/mol. The number of benzene rings is 7. The zero-order valence-electron chi connectivity index (χ0n) is 26.2. The Morgan fingerprint density at radius 2 is 0.812 bits per heavy atom. The molecule has 7 aromatic carbocycles. The van der Waals surface area contributed by atoms with E-state index in [9.17, 15) is 0 Å². The van der Waals surface area contributed by atoms with E-state index in [-0.39, 0.29) is 13.4 Å². The number of hydrogen-bond donors (Lipinski definition) is 0. The summed E-state index contributed by atoms with van der Waals surface area (Å²) < 4.78 is 5.22. The summed E-state index contributed by atoms with van der Waals surface area (Å²) in [6.07, 6.45) is 1.98. The van der Waals surface area contributed by atoms with Crippen LogP contribution in [0.1, 0.15) is 22.3 Å². The highest BCUT2D eigenvalue weighted by molar-refractivity contribution is 6.99. The molecule has 0 atom stereocenters. The second kappa shape index (κ2) is 8.21. The molecule has 13 rings (SSSR count). The molecule has 4 aliphatic heterocycles. The minimum Gasteiger partial charge on any atom is -0.310 e. The highest BCUT2D eigenvalue weighted by Crippen LogP contribution is 2.41. The van der Waals surface area contributed by atoms with Crippen LogP contribution in [0.25, 0.3) is 55.0 Å². The zero-order valence-corrected chi connectivity index (χ0v) is 26.2. The SMILES string of the molecule is c1ccc2c(c1)Cc1cccc3c1B2c1cccc2c4cc5c6cccc7c6n(c5cc4n-3c12)-c1cccc2c1B7c1ccccc1C2. The second-order valence-corrected chi connectivity index (χ2v) is 14.4. The van der Waals surface area contributed by atoms with Gasteiger partial charge in [-0.05, 0) is 81.2 Å². The van der Waals surface area contributed by atoms with E-state index < -0.39 is 0 Å². The molecular formula is C44H26B2N2. The summed E-state index contributed by atoms with van der Waals surface area (Å²) >= 11 is 0. The minimum absolute atomic E-state index is 0.259. The lowest BCUT2D eigenvalue weighted by Gasteiger charge is -2.34. The van der Waals surface area contributed by atoms with Crippen LogP contribution in [0, 0.1) is 0 Å². The summed E-state index contributed by atoms with van der Waals surface area (Å²) in [5.41, 5.74) is 22.6. The number of rotatable bonds is 0. The first-order valence-electron chi connectivity index (χ1n) is 17.3. The van der Waals surface area contributed by atoms with Gasteiger partial charge in [0.15, 0.2) is 0 Å². The summed E-state index contributed by atoms with van der Waals surface area (Å²) in [7, 11) is 0. The summed E-state index contributed by atoms with van der Waals surface area (Å²) in [6.45, 7) is 0.518. The molecule has 0 unspecified atom stereocenters. The van der Waals surface area contributed by atoms with Crippen LogP contribution in [0.5, 0.6) is 0 Å². The maximum Gasteiger partial charge on any atom is 0.247 e. The van der Waals surface area contributed by atoms with Crippen LogP contribution in [0.15, 0.2) is 133 Å². The maximum absolute atomic E-state index is 2.61. The fourth-order valence-electron chi connectivity index (χ4n) is 10.5. The van der Waals surface area contributed by atoms with E-state index in [2.05, 4.69) is 143 Å². The quantitative estimate of drug-likeness (QED) is 0.207. The van der Waals surface area contributed by atoms with Crippen LogP contribution < -0.4 is 32.8 Å². The van der Waals surface area contributed by atoms with Crippen molar-refractivity contribution in [2.24, 2.45) is 0 Å². The molecule has 4 heteroatoms. The first-order valence-corrected chi connectivity index (χ1v) is 17.3. The van der Waals surface area contributed by atoms with Gasteiger partial charge in [0.2, 0.25) is 13.4 Å². The van der Waals surface area contributed by atoms with E-state index in [1.165, 1.54) is 110 Å². The van der Waals surface area contributed by atoms with Crippen molar-refractivity contribution >= 4 is 89.8 Å². The van der Waals surface area contributed by atoms with Gasteiger partial charge < -0.3 is 9.13 Å². The molecular weight excluding hydrogens is 578 g/mol. The molecule has 0 saturated carbocycles. The Morgan fingerprint density at radius 3 is 1.33 bits per heavy atom. The predicted octanol–water partition coefficient (Wildman–Crippen LogP) is 5.35. The first kappa shape index (κ1) is 24.4. The first-order chi connectivity index (χ1) is 23.8. The Balaban J connectivity index is 1.19. The maximum atomic E-state index is 2.61. The topological polar surface area (TPSA) is 9.86 Å². The van der Waals surface area contributed by atoms with Gasteiger partial charge in [-0.1, -0.05) is 120 Å². The Bertz CT molecular complexity index is 2780. The lowest BCUT2D eigenvalue weighted by molar-refractivity contribution is 1.14. The largest absolute Gasteiger partial charge is 0.310 e. The molecule has 0 aliphatic carbocycles. The molecule has 0 amide bonds. The molecule has 4 aliphatic rings. The van der Waals surface area contributed by atoms with Crippen LogP contribution in [0.3, 0.4) is 0 Å². The smallest absolute Gasteiger partial charge is 0.247 e. The van der Waals surface area contributed by atoms with Crippen molar-refractivity contribution in [3.05, 3.63) is 156 Å². The van der Waals surface area contributed by atoms with Crippen LogP contribution in [-0.2, 0) is 12.8 Å². The zero-order chi connectivity index (χ0) is 30.8. The molecule has 0 spiro atoms. The van der Waals surface area contributed by atoms with Gasteiger partial charge in [0.05, 0.1) is 11.0 Å². The van der Waals surface area contributed by atoms with Crippen molar-refractivity contribution in [2.75, 3.05) is 0 Å². The molecule has 6 heterocycles. The van der Waals surface area contributed by atoms with Gasteiger partial charge in [-0.25, -0.2) is 0 Å². The van der Waals surface area contributed by atoms with Crippen LogP contribution in [0.2, 0.25) is 0 Å². The number of nitrogens with zero attached hydrogens (tertiary/aromatic N) is 2. The standard InChI is InChI=1S/C44H26B2N2/c1-3-15-33-25(9-1)21-27-11-5-19-37-41(27)45(33)35-17-7-13-29-31-23-32-30-14-8-18-36-44(30)48(40(32)24-39(31)47(37)43(29)35)38-20-6-12-28-22-26-10-2-4-16-34(26)46(36)42(28)38/h1-20,23-24H,21-22H2. The van der Waals surface area contributed by atoms with Crippen LogP contribution in [0.4, 0.5) is 0 Å². The summed E-state index contributed by atoms with van der Waals surface area (Å²) in [5.74, 6) is 0. The van der Waals surface area contributed by atoms with Gasteiger partial charge in [-0.3, -0.25) is 0 Å². The Morgan fingerprint density at radius 1 is 0.375 bits per heavy atom. The van der Waals surface area contributed by atoms with Gasteiger partial charge in [-0.15, -0.1) is 0 Å². The van der Waals surface area contributed by atoms with Crippen LogP contribution >= 0.6 is 0 Å². The van der Waals surface area contributed by atoms with E-state index in [1.54, 1.807) is 0 Å². The van der Waals surface area contributed by atoms with Gasteiger partial charge >= 0.3 is 0 Å². The third-order valence-electron chi connectivity index (χ3n) is 12.3. The van der Waals surface area contributed by atoms with Crippen molar-refractivity contribution in [3.8, 4) is 11.4 Å². The number of para-hydroxylation sites is 2. The lowest BCUT2D eigenvalue weighted by atomic mass is 9.32. The summed E-state index contributed by atoms with van der Waals surface area (Å²) in [5, 5.41) is 5.38. The summed E-state index contributed by atoms with van der Waals surface area (Å²) in [6, 6.07) is 51.3. The second-order valence-electron chi connectivity index (χ2n) is 14.4. The monoisotopic (exact) mass is 604 g/mol. The van der Waals surface area contributed by atoms with E-state index in [1.807, 2.05) is 0 Å². The molecule has 218 valence electrons. The van der Waals surface area contributed by atoms with Crippen molar-refractivity contribution in [1.82, 2.24) is 9.13 Å². The van der Waals surface area contributed by atoms with Gasteiger partial charge in [0.25, 0.3) is 0 Å². The number of hydrogen-bond acceptors (Lipinski definition) is 0. The van der Waals surface area contributed by atoms with E-state index >= 15 is 0 Å². The van der Waals surface area contributed by atoms with Crippen molar-refractivity contribution in [2.45, 2.75) is 12.8 Å². The number of fused-ring (bicyclic) bond motifs is 14. The fraction of sp³-hybridized carbons (Fsp3) is 0.0455. The Hall–Kier alpha value is -5.73. The molecule has 48 heavy (non-hydrogen) atoms. The van der Waals surface area contributed by atoms with Crippen molar-refractivity contribution < 1.29 is 0 Å². The van der Waals surface area contributed by atoms with Crippen LogP contribution in [-0.4, -0.2) is 22.6 Å². The van der Waals surface area contributed by atoms with Gasteiger partial charge in [-0.2, -0.15) is 0 Å². The third kappa shape index (κ3) is 2.68. The molecule has 0 bridgehead atoms. The normalized spacial score (nSPS) is 14.4. The van der Waals surface area contributed by atoms with Gasteiger partial charge in [0.1, 0.15) is 0 Å². The van der Waals surface area contributed by atoms with Gasteiger partial charge in [0, 0.05) is 44.0 Å². The summed E-state index contributed by atoms with van der Waals surface area (Å²) in [4.78, 5) is 0. The van der Waals surface area contributed by atoms with Crippen molar-refractivity contribution in [3.63, 3.8) is 0 Å². The molecule has 0 radical (unpaired) electrons. The minimum atomic E-state index is 0.259. The van der Waals surface area contributed by atoms with E-state index in [4.69, 9.17) is 0 Å². The fourth-order valence-corrected chi connectivity index (χ4v) is 10.5. The Kier molecular flexibility index (Phi) is 4.18. The lowest BCUT2D eigenvalue weighted by Crippen LogP contribution is -2.60. The van der Waals surface area contributed by atoms with E-state index in [0.29, 0.717) is 0 Å². The average molecular weight is 604 g/mol. The van der Waals surface area contributed by atoms with E-state index in [0.717, 1.165) is 12.8 Å². The number of aromatic nitrogens is 2.